The number of unbranched alkanes of at least 4 members (excludes halogenated alkanes) is 2. The number of fused-ring (bicyclic) bond motifs is 3. The van der Waals surface area contributed by atoms with Gasteiger partial charge in [-0.15, -0.1) is 24.8 Å². The van der Waals surface area contributed by atoms with E-state index in [-0.39, 0.29) is 24.8 Å². The molecule has 2 aromatic carbocycles. The van der Waals surface area contributed by atoms with Gasteiger partial charge in [-0.2, -0.15) is 0 Å². The van der Waals surface area contributed by atoms with Crippen molar-refractivity contribution >= 4 is 46.6 Å². The number of rotatable bonds is 11. The second-order valence-electron chi connectivity index (χ2n) is 11.2. The molecular formula is C32H49Cl2N3. The average molecular weight is 547 g/mol. The lowest BCUT2D eigenvalue weighted by molar-refractivity contribution is 0.225. The molecule has 1 aromatic heterocycles. The van der Waals surface area contributed by atoms with Crippen LogP contribution >= 0.6 is 24.8 Å². The fourth-order valence-corrected chi connectivity index (χ4v) is 6.55. The maximum atomic E-state index is 2.68. The lowest BCUT2D eigenvalue weighted by atomic mass is 10.0. The van der Waals surface area contributed by atoms with Gasteiger partial charge in [0.15, 0.2) is 0 Å². The van der Waals surface area contributed by atoms with Crippen molar-refractivity contribution in [2.24, 2.45) is 0 Å². The van der Waals surface area contributed by atoms with Crippen LogP contribution in [0, 0.1) is 0 Å². The molecule has 0 unspecified atom stereocenters. The van der Waals surface area contributed by atoms with E-state index < -0.39 is 0 Å². The minimum absolute atomic E-state index is 0. The smallest absolute Gasteiger partial charge is 0.0491 e. The number of aromatic nitrogens is 1. The third-order valence-corrected chi connectivity index (χ3v) is 8.59. The Labute approximate surface area is 237 Å². The van der Waals surface area contributed by atoms with E-state index in [1.165, 1.54) is 149 Å². The Morgan fingerprint density at radius 3 is 1.41 bits per heavy atom. The first-order chi connectivity index (χ1) is 17.3. The van der Waals surface area contributed by atoms with Crippen molar-refractivity contribution in [2.75, 3.05) is 39.3 Å². The molecule has 2 aliphatic heterocycles. The van der Waals surface area contributed by atoms with E-state index in [0.29, 0.717) is 0 Å². The predicted octanol–water partition coefficient (Wildman–Crippen LogP) is 8.28. The highest BCUT2D eigenvalue weighted by Gasteiger charge is 2.13. The number of nitrogens with zero attached hydrogens (tertiary/aromatic N) is 3. The summed E-state index contributed by atoms with van der Waals surface area (Å²) in [5.41, 5.74) is 5.83. The Bertz CT molecular complexity index is 997. The second-order valence-corrected chi connectivity index (χ2v) is 11.2. The largest absolute Gasteiger partial charge is 0.341 e. The molecule has 3 heterocycles. The van der Waals surface area contributed by atoms with Crippen molar-refractivity contribution in [1.82, 2.24) is 14.4 Å². The predicted molar refractivity (Wildman–Crippen MR) is 166 cm³/mol. The van der Waals surface area contributed by atoms with Crippen molar-refractivity contribution in [1.29, 1.82) is 0 Å². The molecular weight excluding hydrogens is 497 g/mol. The molecule has 0 N–H and O–H groups in total. The SMILES string of the molecule is CCn1c2ccc(CCCCN3CCCCC3)cc2c2cc(CCCCN3CCCCC3)ccc21.Cl.Cl. The zero-order valence-corrected chi connectivity index (χ0v) is 24.7. The molecule has 206 valence electrons. The van der Waals surface area contributed by atoms with Crippen LogP contribution in [0.25, 0.3) is 21.8 Å². The zero-order valence-electron chi connectivity index (χ0n) is 23.1. The molecule has 5 rings (SSSR count). The molecule has 0 aliphatic carbocycles. The van der Waals surface area contributed by atoms with Crippen molar-refractivity contribution in [3.63, 3.8) is 0 Å². The molecule has 0 amide bonds. The van der Waals surface area contributed by atoms with Gasteiger partial charge >= 0.3 is 0 Å². The van der Waals surface area contributed by atoms with Crippen molar-refractivity contribution < 1.29 is 0 Å². The number of halogens is 2. The standard InChI is InChI=1S/C32H47N3.2ClH/c1-2-35-31-17-15-27(13-5-11-23-33-19-7-3-8-20-33)25-29(31)30-26-28(16-18-32(30)35)14-6-12-24-34-21-9-4-10-22-34;;/h15-18,25-26H,2-14,19-24H2,1H3;2*1H. The van der Waals surface area contributed by atoms with Gasteiger partial charge in [-0.3, -0.25) is 0 Å². The minimum atomic E-state index is 0. The quantitative estimate of drug-likeness (QED) is 0.224. The Balaban J connectivity index is 0.00000190. The zero-order chi connectivity index (χ0) is 23.9. The van der Waals surface area contributed by atoms with Crippen LogP contribution in [0.5, 0.6) is 0 Å². The van der Waals surface area contributed by atoms with Gasteiger partial charge in [-0.25, -0.2) is 0 Å². The van der Waals surface area contributed by atoms with Gasteiger partial charge in [0.1, 0.15) is 0 Å². The Hall–Kier alpha value is -1.26. The van der Waals surface area contributed by atoms with Crippen LogP contribution in [0.4, 0.5) is 0 Å². The molecule has 2 saturated heterocycles. The number of hydrogen-bond acceptors (Lipinski definition) is 2. The number of hydrogen-bond donors (Lipinski definition) is 0. The molecule has 0 atom stereocenters. The molecule has 2 aliphatic rings. The van der Waals surface area contributed by atoms with E-state index in [4.69, 9.17) is 0 Å². The highest BCUT2D eigenvalue weighted by atomic mass is 35.5. The summed E-state index contributed by atoms with van der Waals surface area (Å²) in [5, 5.41) is 2.93. The number of likely N-dealkylation sites (tertiary alicyclic amines) is 2. The summed E-state index contributed by atoms with van der Waals surface area (Å²) in [6.45, 7) is 11.2. The summed E-state index contributed by atoms with van der Waals surface area (Å²) >= 11 is 0. The number of aryl methyl sites for hydroxylation is 3. The highest BCUT2D eigenvalue weighted by molar-refractivity contribution is 6.08. The first-order valence-corrected chi connectivity index (χ1v) is 14.8. The second kappa shape index (κ2) is 15.4. The fourth-order valence-electron chi connectivity index (χ4n) is 6.55. The van der Waals surface area contributed by atoms with Crippen LogP contribution in [0.2, 0.25) is 0 Å². The van der Waals surface area contributed by atoms with E-state index in [0.717, 1.165) is 6.54 Å². The van der Waals surface area contributed by atoms with Gasteiger partial charge in [0.05, 0.1) is 0 Å². The Morgan fingerprint density at radius 2 is 1.00 bits per heavy atom. The van der Waals surface area contributed by atoms with E-state index >= 15 is 0 Å². The van der Waals surface area contributed by atoms with Gasteiger partial charge in [-0.05, 0) is 146 Å². The summed E-state index contributed by atoms with van der Waals surface area (Å²) in [6.07, 6.45) is 16.1. The Morgan fingerprint density at radius 1 is 0.568 bits per heavy atom. The molecule has 0 spiro atoms. The van der Waals surface area contributed by atoms with Gasteiger partial charge in [0, 0.05) is 28.4 Å². The monoisotopic (exact) mass is 545 g/mol. The van der Waals surface area contributed by atoms with Crippen molar-refractivity contribution in [3.05, 3.63) is 47.5 Å². The molecule has 0 radical (unpaired) electrons. The third-order valence-electron chi connectivity index (χ3n) is 8.59. The van der Waals surface area contributed by atoms with Gasteiger partial charge in [0.25, 0.3) is 0 Å². The normalized spacial score (nSPS) is 17.1. The molecule has 3 nitrogen and oxygen atoms in total. The third kappa shape index (κ3) is 7.88. The maximum Gasteiger partial charge on any atom is 0.0491 e. The van der Waals surface area contributed by atoms with Crippen molar-refractivity contribution in [3.8, 4) is 0 Å². The topological polar surface area (TPSA) is 11.4 Å². The average Bonchev–Trinajstić information content (AvgIpc) is 3.22. The molecule has 5 heteroatoms. The molecule has 2 fully saturated rings. The summed E-state index contributed by atoms with van der Waals surface area (Å²) < 4.78 is 2.50. The van der Waals surface area contributed by atoms with Crippen LogP contribution in [0.15, 0.2) is 36.4 Å². The maximum absolute atomic E-state index is 2.68. The van der Waals surface area contributed by atoms with E-state index in [2.05, 4.69) is 57.7 Å². The van der Waals surface area contributed by atoms with Crippen molar-refractivity contribution in [2.45, 2.75) is 90.5 Å². The van der Waals surface area contributed by atoms with Crippen LogP contribution in [0.3, 0.4) is 0 Å². The van der Waals surface area contributed by atoms with Crippen LogP contribution in [0.1, 0.15) is 82.3 Å². The van der Waals surface area contributed by atoms with Crippen LogP contribution < -0.4 is 0 Å². The van der Waals surface area contributed by atoms with E-state index in [9.17, 15) is 0 Å². The molecule has 3 aromatic rings. The first kappa shape index (κ1) is 30.3. The highest BCUT2D eigenvalue weighted by Crippen LogP contribution is 2.31. The van der Waals surface area contributed by atoms with Crippen LogP contribution in [-0.4, -0.2) is 53.6 Å². The number of piperidine rings is 2. The molecule has 0 bridgehead atoms. The van der Waals surface area contributed by atoms with Gasteiger partial charge < -0.3 is 14.4 Å². The molecule has 37 heavy (non-hydrogen) atoms. The first-order valence-electron chi connectivity index (χ1n) is 14.8. The van der Waals surface area contributed by atoms with E-state index in [1.807, 2.05) is 0 Å². The summed E-state index contributed by atoms with van der Waals surface area (Å²) in [5.74, 6) is 0. The fraction of sp³-hybridized carbons (Fsp3) is 0.625. The lowest BCUT2D eigenvalue weighted by Gasteiger charge is -2.26. The summed E-state index contributed by atoms with van der Waals surface area (Å²) in [4.78, 5) is 5.35. The molecule has 0 saturated carbocycles. The van der Waals surface area contributed by atoms with Gasteiger partial charge in [0.2, 0.25) is 0 Å². The minimum Gasteiger partial charge on any atom is -0.341 e. The van der Waals surface area contributed by atoms with Gasteiger partial charge in [-0.1, -0.05) is 25.0 Å². The lowest BCUT2D eigenvalue weighted by Crippen LogP contribution is -2.30. The van der Waals surface area contributed by atoms with E-state index in [1.54, 1.807) is 0 Å². The van der Waals surface area contributed by atoms with Crippen LogP contribution in [-0.2, 0) is 19.4 Å². The number of benzene rings is 2. The summed E-state index contributed by atoms with van der Waals surface area (Å²) in [7, 11) is 0. The Kier molecular flexibility index (Phi) is 12.6. The summed E-state index contributed by atoms with van der Waals surface area (Å²) in [6, 6.07) is 14.6.